The zero-order valence-electron chi connectivity index (χ0n) is 17.4. The van der Waals surface area contributed by atoms with Crippen LogP contribution < -0.4 is 31.9 Å². The lowest BCUT2D eigenvalue weighted by atomic mass is 10.1. The summed E-state index contributed by atoms with van der Waals surface area (Å²) >= 11 is 12.4. The number of unbranched alkanes of at least 4 members (excludes halogenated alkanes) is 2. The van der Waals surface area contributed by atoms with Gasteiger partial charge in [-0.05, 0) is 31.4 Å². The SMILES string of the molecule is COc1ccc2c(Nc3c(Cl)cncc3Cl)cc(=O)oc2c1OCCCCCN=C(N)N. The van der Waals surface area contributed by atoms with Gasteiger partial charge in [0.15, 0.2) is 17.3 Å². The highest BCUT2D eigenvalue weighted by molar-refractivity contribution is 6.39. The largest absolute Gasteiger partial charge is 0.493 e. The second kappa shape index (κ2) is 10.9. The van der Waals surface area contributed by atoms with E-state index in [1.54, 1.807) is 12.1 Å². The Balaban J connectivity index is 1.87. The fourth-order valence-corrected chi connectivity index (χ4v) is 3.48. The minimum Gasteiger partial charge on any atom is -0.493 e. The molecule has 0 aliphatic carbocycles. The molecule has 0 amide bonds. The molecule has 170 valence electrons. The standard InChI is InChI=1S/C21H23Cl2N5O4/c1-30-16-6-5-12-15(28-18-13(22)10-26-11-14(18)23)9-17(29)32-19(12)20(16)31-8-4-2-3-7-27-21(24)25/h5-6,9-11H,2-4,7-8H2,1H3,(H,26,28)(H4,24,25,27). The van der Waals surface area contributed by atoms with Gasteiger partial charge in [0.25, 0.3) is 0 Å². The Morgan fingerprint density at radius 3 is 2.62 bits per heavy atom. The first-order valence-corrected chi connectivity index (χ1v) is 10.6. The molecule has 0 saturated carbocycles. The maximum absolute atomic E-state index is 12.3. The molecule has 32 heavy (non-hydrogen) atoms. The predicted molar refractivity (Wildman–Crippen MR) is 127 cm³/mol. The number of methoxy groups -OCH3 is 1. The predicted octanol–water partition coefficient (Wildman–Crippen LogP) is 4.07. The van der Waals surface area contributed by atoms with Gasteiger partial charge in [-0.1, -0.05) is 23.2 Å². The highest BCUT2D eigenvalue weighted by atomic mass is 35.5. The van der Waals surface area contributed by atoms with E-state index >= 15 is 0 Å². The molecule has 2 heterocycles. The third-order valence-electron chi connectivity index (χ3n) is 4.51. The van der Waals surface area contributed by atoms with Crippen LogP contribution in [0.2, 0.25) is 10.0 Å². The zero-order chi connectivity index (χ0) is 23.1. The molecule has 3 rings (SSSR count). The number of nitrogens with one attached hydrogen (secondary N) is 1. The average Bonchev–Trinajstić information content (AvgIpc) is 2.75. The molecule has 0 saturated heterocycles. The van der Waals surface area contributed by atoms with Crippen LogP contribution in [0.3, 0.4) is 0 Å². The number of rotatable bonds is 10. The van der Waals surface area contributed by atoms with E-state index in [1.807, 2.05) is 0 Å². The van der Waals surface area contributed by atoms with Crippen LogP contribution in [0.1, 0.15) is 19.3 Å². The molecule has 0 atom stereocenters. The number of pyridine rings is 1. The van der Waals surface area contributed by atoms with Crippen LogP contribution in [-0.2, 0) is 0 Å². The van der Waals surface area contributed by atoms with Crippen molar-refractivity contribution in [2.45, 2.75) is 19.3 Å². The third kappa shape index (κ3) is 5.74. The van der Waals surface area contributed by atoms with Gasteiger partial charge >= 0.3 is 5.63 Å². The van der Waals surface area contributed by atoms with Crippen LogP contribution in [0.5, 0.6) is 11.5 Å². The summed E-state index contributed by atoms with van der Waals surface area (Å²) in [6.45, 7) is 0.949. The number of aromatic nitrogens is 1. The number of nitrogens with two attached hydrogens (primary N) is 2. The molecule has 0 fully saturated rings. The van der Waals surface area contributed by atoms with Gasteiger partial charge in [-0.2, -0.15) is 0 Å². The van der Waals surface area contributed by atoms with Crippen molar-refractivity contribution in [3.05, 3.63) is 51.1 Å². The lowest BCUT2D eigenvalue weighted by Gasteiger charge is -2.15. The number of guanidine groups is 1. The van der Waals surface area contributed by atoms with Gasteiger partial charge in [0.2, 0.25) is 5.75 Å². The number of ether oxygens (including phenoxy) is 2. The highest BCUT2D eigenvalue weighted by Crippen LogP contribution is 2.40. The molecule has 11 heteroatoms. The van der Waals surface area contributed by atoms with Gasteiger partial charge in [0, 0.05) is 30.4 Å². The molecule has 0 spiro atoms. The third-order valence-corrected chi connectivity index (χ3v) is 5.08. The molecule has 0 bridgehead atoms. The Morgan fingerprint density at radius 2 is 1.94 bits per heavy atom. The number of aliphatic imine (C=N–C) groups is 1. The van der Waals surface area contributed by atoms with Gasteiger partial charge in [0.05, 0.1) is 35.1 Å². The Hall–Kier alpha value is -3.17. The summed E-state index contributed by atoms with van der Waals surface area (Å²) in [6.07, 6.45) is 5.34. The van der Waals surface area contributed by atoms with Crippen LogP contribution in [-0.4, -0.2) is 31.2 Å². The van der Waals surface area contributed by atoms with Crippen molar-refractivity contribution >= 4 is 51.5 Å². The van der Waals surface area contributed by atoms with E-state index in [1.165, 1.54) is 25.6 Å². The number of hydrogen-bond acceptors (Lipinski definition) is 7. The van der Waals surface area contributed by atoms with E-state index < -0.39 is 5.63 Å². The number of nitrogens with zero attached hydrogens (tertiary/aromatic N) is 2. The Labute approximate surface area is 194 Å². The molecule has 0 radical (unpaired) electrons. The lowest BCUT2D eigenvalue weighted by molar-refractivity contribution is 0.284. The van der Waals surface area contributed by atoms with E-state index in [4.69, 9.17) is 48.6 Å². The maximum Gasteiger partial charge on any atom is 0.338 e. The number of hydrogen-bond donors (Lipinski definition) is 3. The van der Waals surface area contributed by atoms with Gasteiger partial charge in [-0.15, -0.1) is 0 Å². The quantitative estimate of drug-likeness (QED) is 0.171. The van der Waals surface area contributed by atoms with Crippen LogP contribution >= 0.6 is 23.2 Å². The minimum absolute atomic E-state index is 0.0792. The molecule has 9 nitrogen and oxygen atoms in total. The van der Waals surface area contributed by atoms with Crippen molar-refractivity contribution in [1.82, 2.24) is 4.98 Å². The Morgan fingerprint density at radius 1 is 1.19 bits per heavy atom. The summed E-state index contributed by atoms with van der Waals surface area (Å²) in [5.74, 6) is 0.857. The monoisotopic (exact) mass is 479 g/mol. The lowest BCUT2D eigenvalue weighted by Crippen LogP contribution is -2.22. The molecular weight excluding hydrogens is 457 g/mol. The summed E-state index contributed by atoms with van der Waals surface area (Å²) in [4.78, 5) is 20.2. The number of benzene rings is 1. The smallest absolute Gasteiger partial charge is 0.338 e. The normalized spacial score (nSPS) is 10.7. The van der Waals surface area contributed by atoms with Crippen molar-refractivity contribution in [1.29, 1.82) is 0 Å². The molecular formula is C21H23Cl2N5O4. The van der Waals surface area contributed by atoms with E-state index in [2.05, 4.69) is 15.3 Å². The van der Waals surface area contributed by atoms with Gasteiger partial charge in [-0.3, -0.25) is 9.98 Å². The van der Waals surface area contributed by atoms with E-state index in [0.717, 1.165) is 19.3 Å². The number of fused-ring (bicyclic) bond motifs is 1. The second-order valence-corrected chi connectivity index (χ2v) is 7.59. The molecule has 0 aliphatic heterocycles. The first-order chi connectivity index (χ1) is 15.4. The Kier molecular flexibility index (Phi) is 8.02. The topological polar surface area (TPSA) is 138 Å². The van der Waals surface area contributed by atoms with Gasteiger partial charge in [-0.25, -0.2) is 4.79 Å². The molecule has 1 aromatic carbocycles. The summed E-state index contributed by atoms with van der Waals surface area (Å²) in [6, 6.07) is 4.80. The average molecular weight is 480 g/mol. The second-order valence-electron chi connectivity index (χ2n) is 6.77. The van der Waals surface area contributed by atoms with Crippen molar-refractivity contribution in [3.8, 4) is 11.5 Å². The van der Waals surface area contributed by atoms with Crippen LogP contribution in [0.4, 0.5) is 11.4 Å². The fourth-order valence-electron chi connectivity index (χ4n) is 3.02. The van der Waals surface area contributed by atoms with Crippen molar-refractivity contribution in [2.75, 3.05) is 25.6 Å². The first kappa shape index (κ1) is 23.5. The summed E-state index contributed by atoms with van der Waals surface area (Å²) in [7, 11) is 1.51. The highest BCUT2D eigenvalue weighted by Gasteiger charge is 2.17. The summed E-state index contributed by atoms with van der Waals surface area (Å²) in [5.41, 5.74) is 11.2. The van der Waals surface area contributed by atoms with Gasteiger partial charge < -0.3 is 30.7 Å². The van der Waals surface area contributed by atoms with E-state index in [9.17, 15) is 4.79 Å². The molecule has 2 aromatic heterocycles. The Bertz CT molecular complexity index is 1160. The molecule has 0 unspecified atom stereocenters. The van der Waals surface area contributed by atoms with Crippen LogP contribution in [0.15, 0.2) is 44.8 Å². The van der Waals surface area contributed by atoms with Crippen LogP contribution in [0, 0.1) is 0 Å². The van der Waals surface area contributed by atoms with E-state index in [0.29, 0.717) is 51.5 Å². The van der Waals surface area contributed by atoms with Gasteiger partial charge in [0.1, 0.15) is 0 Å². The van der Waals surface area contributed by atoms with E-state index in [-0.39, 0.29) is 11.5 Å². The summed E-state index contributed by atoms with van der Waals surface area (Å²) in [5, 5.41) is 4.31. The van der Waals surface area contributed by atoms with Crippen LogP contribution in [0.25, 0.3) is 11.0 Å². The summed E-state index contributed by atoms with van der Waals surface area (Å²) < 4.78 is 16.8. The molecule has 5 N–H and O–H groups in total. The number of anilines is 2. The minimum atomic E-state index is -0.573. The molecule has 3 aromatic rings. The number of halogens is 2. The first-order valence-electron chi connectivity index (χ1n) is 9.79. The zero-order valence-corrected chi connectivity index (χ0v) is 18.9. The fraction of sp³-hybridized carbons (Fsp3) is 0.286. The van der Waals surface area contributed by atoms with Crippen molar-refractivity contribution in [2.24, 2.45) is 16.5 Å². The molecule has 0 aliphatic rings. The van der Waals surface area contributed by atoms with Crippen molar-refractivity contribution < 1.29 is 13.9 Å². The van der Waals surface area contributed by atoms with Crippen molar-refractivity contribution in [3.63, 3.8) is 0 Å². The maximum atomic E-state index is 12.3.